The summed E-state index contributed by atoms with van der Waals surface area (Å²) >= 11 is 3.34. The van der Waals surface area contributed by atoms with Gasteiger partial charge in [-0.05, 0) is 24.6 Å². The number of hydrogen-bond donors (Lipinski definition) is 0. The molecule has 0 bridgehead atoms. The third-order valence-corrected chi connectivity index (χ3v) is 4.37. The molecule has 0 unspecified atom stereocenters. The number of benzene rings is 1. The number of nitrogens with zero attached hydrogens (tertiary/aromatic N) is 3. The highest BCUT2D eigenvalue weighted by molar-refractivity contribution is 9.10. The number of carbonyl (C=O) groups is 2. The summed E-state index contributed by atoms with van der Waals surface area (Å²) < 4.78 is 6.81. The molecule has 2 rings (SSSR count). The number of amides is 1. The standard InChI is InChI=1S/C17H20BrN3O4/c1-20(8-3-4-16(23)25-2)15(22)7-9-21-11-19-14-6-5-12(18)10-13(14)17(21)24/h5-6,10-11H,3-4,7-9H2,1-2H3. The van der Waals surface area contributed by atoms with Crippen LogP contribution in [0.5, 0.6) is 0 Å². The first-order valence-corrected chi connectivity index (χ1v) is 8.67. The molecule has 0 fully saturated rings. The molecule has 1 amide bonds. The first-order chi connectivity index (χ1) is 11.9. The zero-order valence-corrected chi connectivity index (χ0v) is 15.8. The minimum Gasteiger partial charge on any atom is -0.469 e. The van der Waals surface area contributed by atoms with Gasteiger partial charge in [0.25, 0.3) is 5.56 Å². The second-order valence-electron chi connectivity index (χ2n) is 5.65. The molecule has 0 aliphatic heterocycles. The van der Waals surface area contributed by atoms with Gasteiger partial charge >= 0.3 is 5.97 Å². The van der Waals surface area contributed by atoms with Crippen LogP contribution in [0.15, 0.2) is 33.8 Å². The van der Waals surface area contributed by atoms with E-state index in [1.165, 1.54) is 18.0 Å². The molecular weight excluding hydrogens is 390 g/mol. The molecule has 0 aliphatic carbocycles. The van der Waals surface area contributed by atoms with E-state index in [4.69, 9.17) is 0 Å². The van der Waals surface area contributed by atoms with Crippen LogP contribution in [0, 0.1) is 0 Å². The van der Waals surface area contributed by atoms with Gasteiger partial charge in [-0.1, -0.05) is 15.9 Å². The lowest BCUT2D eigenvalue weighted by Gasteiger charge is -2.17. The normalized spacial score (nSPS) is 10.7. The smallest absolute Gasteiger partial charge is 0.305 e. The predicted octanol–water partition coefficient (Wildman–Crippen LogP) is 1.96. The summed E-state index contributed by atoms with van der Waals surface area (Å²) in [5.74, 6) is -0.382. The van der Waals surface area contributed by atoms with Crippen molar-refractivity contribution in [2.45, 2.75) is 25.8 Å². The van der Waals surface area contributed by atoms with Crippen LogP contribution in [-0.2, 0) is 20.9 Å². The van der Waals surface area contributed by atoms with E-state index in [9.17, 15) is 14.4 Å². The third kappa shape index (κ3) is 5.12. The Hall–Kier alpha value is -2.22. The van der Waals surface area contributed by atoms with Gasteiger partial charge < -0.3 is 9.64 Å². The van der Waals surface area contributed by atoms with Crippen molar-refractivity contribution in [3.05, 3.63) is 39.4 Å². The summed E-state index contributed by atoms with van der Waals surface area (Å²) in [7, 11) is 3.02. The van der Waals surface area contributed by atoms with Gasteiger partial charge in [-0.2, -0.15) is 0 Å². The zero-order valence-electron chi connectivity index (χ0n) is 14.2. The quantitative estimate of drug-likeness (QED) is 0.652. The third-order valence-electron chi connectivity index (χ3n) is 3.88. The average molecular weight is 410 g/mol. The lowest BCUT2D eigenvalue weighted by molar-refractivity contribution is -0.141. The van der Waals surface area contributed by atoms with Crippen LogP contribution < -0.4 is 5.56 Å². The summed E-state index contributed by atoms with van der Waals surface area (Å²) in [4.78, 5) is 41.5. The van der Waals surface area contributed by atoms with Crippen molar-refractivity contribution < 1.29 is 14.3 Å². The van der Waals surface area contributed by atoms with E-state index in [2.05, 4.69) is 25.7 Å². The van der Waals surface area contributed by atoms with Crippen molar-refractivity contribution in [1.29, 1.82) is 0 Å². The Morgan fingerprint density at radius 2 is 2.08 bits per heavy atom. The Balaban J connectivity index is 1.95. The molecule has 1 aromatic heterocycles. The molecule has 25 heavy (non-hydrogen) atoms. The molecule has 0 atom stereocenters. The Morgan fingerprint density at radius 1 is 1.32 bits per heavy atom. The Kier molecular flexibility index (Phi) is 6.69. The van der Waals surface area contributed by atoms with Gasteiger partial charge in [-0.25, -0.2) is 4.98 Å². The zero-order chi connectivity index (χ0) is 18.4. The molecule has 0 saturated heterocycles. The van der Waals surface area contributed by atoms with Crippen LogP contribution in [0.2, 0.25) is 0 Å². The molecule has 134 valence electrons. The summed E-state index contributed by atoms with van der Waals surface area (Å²) in [6, 6.07) is 5.32. The largest absolute Gasteiger partial charge is 0.469 e. The molecule has 8 heteroatoms. The number of carbonyl (C=O) groups excluding carboxylic acids is 2. The van der Waals surface area contributed by atoms with Crippen LogP contribution in [0.25, 0.3) is 10.9 Å². The fourth-order valence-corrected chi connectivity index (χ4v) is 2.75. The highest BCUT2D eigenvalue weighted by atomic mass is 79.9. The minimum atomic E-state index is -0.291. The van der Waals surface area contributed by atoms with Gasteiger partial charge in [0.05, 0.1) is 24.3 Å². The maximum Gasteiger partial charge on any atom is 0.305 e. The van der Waals surface area contributed by atoms with E-state index in [1.807, 2.05) is 6.07 Å². The first-order valence-electron chi connectivity index (χ1n) is 7.88. The fourth-order valence-electron chi connectivity index (χ4n) is 2.38. The van der Waals surface area contributed by atoms with Crippen molar-refractivity contribution in [3.63, 3.8) is 0 Å². The molecule has 2 aromatic rings. The lowest BCUT2D eigenvalue weighted by Crippen LogP contribution is -2.30. The number of aromatic nitrogens is 2. The number of rotatable bonds is 7. The monoisotopic (exact) mass is 409 g/mol. The van der Waals surface area contributed by atoms with E-state index in [1.54, 1.807) is 24.1 Å². The topological polar surface area (TPSA) is 81.5 Å². The number of halogens is 1. The molecule has 0 N–H and O–H groups in total. The van der Waals surface area contributed by atoms with Crippen LogP contribution in [0.3, 0.4) is 0 Å². The highest BCUT2D eigenvalue weighted by Gasteiger charge is 2.11. The molecule has 0 saturated carbocycles. The summed E-state index contributed by atoms with van der Waals surface area (Å²) in [5.41, 5.74) is 0.447. The van der Waals surface area contributed by atoms with E-state index in [0.717, 1.165) is 4.47 Å². The Bertz CT molecular complexity index is 834. The second kappa shape index (κ2) is 8.75. The van der Waals surface area contributed by atoms with Crippen molar-refractivity contribution in [3.8, 4) is 0 Å². The van der Waals surface area contributed by atoms with Gasteiger partial charge in [0.1, 0.15) is 0 Å². The minimum absolute atomic E-state index is 0.0916. The number of hydrogen-bond acceptors (Lipinski definition) is 5. The van der Waals surface area contributed by atoms with E-state index < -0.39 is 0 Å². The van der Waals surface area contributed by atoms with Gasteiger partial charge in [0.15, 0.2) is 0 Å². The molecule has 1 heterocycles. The van der Waals surface area contributed by atoms with E-state index in [0.29, 0.717) is 23.9 Å². The van der Waals surface area contributed by atoms with E-state index >= 15 is 0 Å². The van der Waals surface area contributed by atoms with Gasteiger partial charge in [-0.15, -0.1) is 0 Å². The van der Waals surface area contributed by atoms with E-state index in [-0.39, 0.29) is 36.8 Å². The second-order valence-corrected chi connectivity index (χ2v) is 6.57. The van der Waals surface area contributed by atoms with Crippen molar-refractivity contribution in [2.75, 3.05) is 20.7 Å². The molecule has 7 nitrogen and oxygen atoms in total. The predicted molar refractivity (Wildman–Crippen MR) is 97.2 cm³/mol. The van der Waals surface area contributed by atoms with Crippen LogP contribution in [0.1, 0.15) is 19.3 Å². The molecule has 0 radical (unpaired) electrons. The maximum atomic E-state index is 12.5. The van der Waals surface area contributed by atoms with Gasteiger partial charge in [-0.3, -0.25) is 19.0 Å². The summed E-state index contributed by atoms with van der Waals surface area (Å²) in [5, 5.41) is 0.510. The van der Waals surface area contributed by atoms with Crippen molar-refractivity contribution in [1.82, 2.24) is 14.5 Å². The highest BCUT2D eigenvalue weighted by Crippen LogP contribution is 2.14. The molecule has 0 aliphatic rings. The maximum absolute atomic E-state index is 12.5. The van der Waals surface area contributed by atoms with Crippen LogP contribution in [0.4, 0.5) is 0 Å². The summed E-state index contributed by atoms with van der Waals surface area (Å²) in [6.45, 7) is 0.722. The lowest BCUT2D eigenvalue weighted by atomic mass is 10.2. The first kappa shape index (κ1) is 19.1. The number of esters is 1. The fraction of sp³-hybridized carbons (Fsp3) is 0.412. The number of methoxy groups -OCH3 is 1. The molecule has 1 aromatic carbocycles. The SMILES string of the molecule is COC(=O)CCCN(C)C(=O)CCn1cnc2ccc(Br)cc2c1=O. The number of fused-ring (bicyclic) bond motifs is 1. The summed E-state index contributed by atoms with van der Waals surface area (Å²) in [6.07, 6.45) is 2.47. The number of aryl methyl sites for hydroxylation is 1. The molecular formula is C17H20BrN3O4. The van der Waals surface area contributed by atoms with Gasteiger partial charge in [0, 0.05) is 37.5 Å². The van der Waals surface area contributed by atoms with Crippen molar-refractivity contribution in [2.24, 2.45) is 0 Å². The van der Waals surface area contributed by atoms with Crippen LogP contribution >= 0.6 is 15.9 Å². The average Bonchev–Trinajstić information content (AvgIpc) is 2.61. The number of ether oxygens (including phenoxy) is 1. The Labute approximate surface area is 153 Å². The Morgan fingerprint density at radius 3 is 2.80 bits per heavy atom. The molecule has 0 spiro atoms. The van der Waals surface area contributed by atoms with Crippen LogP contribution in [-0.4, -0.2) is 47.0 Å². The van der Waals surface area contributed by atoms with Gasteiger partial charge in [0.2, 0.25) is 5.91 Å². The van der Waals surface area contributed by atoms with Crippen molar-refractivity contribution >= 4 is 38.7 Å².